The minimum atomic E-state index is -4.39. The first-order chi connectivity index (χ1) is 10.0. The van der Waals surface area contributed by atoms with Crippen LogP contribution in [0.5, 0.6) is 0 Å². The lowest BCUT2D eigenvalue weighted by molar-refractivity contribution is -0.137. The van der Waals surface area contributed by atoms with E-state index in [9.17, 15) is 13.2 Å². The lowest BCUT2D eigenvalue weighted by Crippen LogP contribution is -2.12. The fraction of sp³-hybridized carbons (Fsp3) is 0.600. The second kappa shape index (κ2) is 6.03. The first-order valence-electron chi connectivity index (χ1n) is 7.43. The molecule has 3 nitrogen and oxygen atoms in total. The molecular weight excluding hydrogens is 279 g/mol. The molecule has 0 aromatic carbocycles. The molecule has 1 fully saturated rings. The maximum atomic E-state index is 13.2. The van der Waals surface area contributed by atoms with Crippen molar-refractivity contribution >= 4 is 5.65 Å². The van der Waals surface area contributed by atoms with Gasteiger partial charge in [-0.15, -0.1) is 10.2 Å². The van der Waals surface area contributed by atoms with Crippen molar-refractivity contribution in [2.45, 2.75) is 52.6 Å². The molecule has 1 aliphatic carbocycles. The lowest BCUT2D eigenvalue weighted by atomic mass is 10.1. The van der Waals surface area contributed by atoms with Crippen molar-refractivity contribution in [1.82, 2.24) is 14.6 Å². The summed E-state index contributed by atoms with van der Waals surface area (Å²) < 4.78 is 41.0. The highest BCUT2D eigenvalue weighted by Gasteiger charge is 2.37. The summed E-state index contributed by atoms with van der Waals surface area (Å²) in [5, 5.41) is 7.71. The normalized spacial score (nSPS) is 15.0. The SMILES string of the molecule is CC.CCc1ccn2c(CC3CC3)nnc2c1C(F)(F)F. The zero-order valence-corrected chi connectivity index (χ0v) is 12.5. The van der Waals surface area contributed by atoms with Crippen LogP contribution in [0.2, 0.25) is 0 Å². The lowest BCUT2D eigenvalue weighted by Gasteiger charge is -2.12. The largest absolute Gasteiger partial charge is 0.420 e. The zero-order chi connectivity index (χ0) is 15.6. The van der Waals surface area contributed by atoms with Gasteiger partial charge in [0.05, 0.1) is 0 Å². The summed E-state index contributed by atoms with van der Waals surface area (Å²) in [5.74, 6) is 1.19. The van der Waals surface area contributed by atoms with Crippen LogP contribution in [-0.2, 0) is 19.0 Å². The predicted molar refractivity (Wildman–Crippen MR) is 75.1 cm³/mol. The summed E-state index contributed by atoms with van der Waals surface area (Å²) in [6, 6.07) is 1.52. The van der Waals surface area contributed by atoms with Gasteiger partial charge in [-0.3, -0.25) is 4.40 Å². The number of nitrogens with zero attached hydrogens (tertiary/aromatic N) is 3. The molecule has 0 N–H and O–H groups in total. The standard InChI is InChI=1S/C13H14F3N3.C2H6/c1-2-9-5-6-19-10(7-8-3-4-8)17-18-12(19)11(9)13(14,15)16;1-2/h5-6,8H,2-4,7H2,1H3;1-2H3. The monoisotopic (exact) mass is 299 g/mol. The molecule has 1 saturated carbocycles. The van der Waals surface area contributed by atoms with E-state index in [1.54, 1.807) is 13.1 Å². The van der Waals surface area contributed by atoms with Crippen LogP contribution in [0, 0.1) is 5.92 Å². The minimum absolute atomic E-state index is 0.0671. The van der Waals surface area contributed by atoms with Crippen molar-refractivity contribution in [2.75, 3.05) is 0 Å². The van der Waals surface area contributed by atoms with Crippen molar-refractivity contribution in [3.63, 3.8) is 0 Å². The first-order valence-corrected chi connectivity index (χ1v) is 7.43. The van der Waals surface area contributed by atoms with E-state index < -0.39 is 11.7 Å². The Kier molecular flexibility index (Phi) is 4.54. The van der Waals surface area contributed by atoms with Crippen LogP contribution >= 0.6 is 0 Å². The molecule has 6 heteroatoms. The Hall–Kier alpha value is -1.59. The number of alkyl halides is 3. The van der Waals surface area contributed by atoms with Gasteiger partial charge in [0.25, 0.3) is 0 Å². The van der Waals surface area contributed by atoms with Crippen LogP contribution in [-0.4, -0.2) is 14.6 Å². The third-order valence-corrected chi connectivity index (χ3v) is 3.57. The number of hydrogen-bond acceptors (Lipinski definition) is 2. The average Bonchev–Trinajstić information content (AvgIpc) is 3.19. The number of rotatable bonds is 3. The van der Waals surface area contributed by atoms with Gasteiger partial charge in [-0.05, 0) is 36.8 Å². The molecule has 2 heterocycles. The molecule has 3 rings (SSSR count). The molecule has 0 atom stereocenters. The van der Waals surface area contributed by atoms with Crippen LogP contribution in [0.3, 0.4) is 0 Å². The Balaban J connectivity index is 0.000000774. The molecule has 21 heavy (non-hydrogen) atoms. The van der Waals surface area contributed by atoms with E-state index in [4.69, 9.17) is 0 Å². The van der Waals surface area contributed by atoms with Gasteiger partial charge in [0.15, 0.2) is 5.65 Å². The molecule has 0 unspecified atom stereocenters. The molecule has 2 aromatic heterocycles. The van der Waals surface area contributed by atoms with E-state index in [2.05, 4.69) is 10.2 Å². The molecule has 0 aliphatic heterocycles. The van der Waals surface area contributed by atoms with Crippen molar-refractivity contribution in [1.29, 1.82) is 0 Å². The van der Waals surface area contributed by atoms with Crippen molar-refractivity contribution < 1.29 is 13.2 Å². The summed E-state index contributed by atoms with van der Waals surface area (Å²) in [5.41, 5.74) is -0.445. The second-order valence-electron chi connectivity index (χ2n) is 5.02. The van der Waals surface area contributed by atoms with Crippen LogP contribution in [0.4, 0.5) is 13.2 Å². The zero-order valence-electron chi connectivity index (χ0n) is 12.5. The van der Waals surface area contributed by atoms with E-state index in [1.165, 1.54) is 10.5 Å². The quantitative estimate of drug-likeness (QED) is 0.846. The summed E-state index contributed by atoms with van der Waals surface area (Å²) in [4.78, 5) is 0. The molecule has 0 saturated heterocycles. The second-order valence-corrected chi connectivity index (χ2v) is 5.02. The van der Waals surface area contributed by atoms with E-state index >= 15 is 0 Å². The smallest absolute Gasteiger partial charge is 0.286 e. The fourth-order valence-electron chi connectivity index (χ4n) is 2.37. The Bertz CT molecular complexity index is 612. The molecule has 1 aliphatic rings. The van der Waals surface area contributed by atoms with Gasteiger partial charge in [-0.2, -0.15) is 13.2 Å². The van der Waals surface area contributed by atoms with Gasteiger partial charge >= 0.3 is 6.18 Å². The Morgan fingerprint density at radius 2 is 1.90 bits per heavy atom. The molecule has 2 aromatic rings. The van der Waals surface area contributed by atoms with Gasteiger partial charge in [0.2, 0.25) is 0 Å². The number of aryl methyl sites for hydroxylation is 1. The number of hydrogen-bond donors (Lipinski definition) is 0. The first kappa shape index (κ1) is 15.8. The maximum Gasteiger partial charge on any atom is 0.420 e. The van der Waals surface area contributed by atoms with Gasteiger partial charge < -0.3 is 0 Å². The predicted octanol–water partition coefficient (Wildman–Crippen LogP) is 4.29. The highest BCUT2D eigenvalue weighted by atomic mass is 19.4. The summed E-state index contributed by atoms with van der Waals surface area (Å²) in [7, 11) is 0. The van der Waals surface area contributed by atoms with Gasteiger partial charge in [-0.1, -0.05) is 20.8 Å². The fourth-order valence-corrected chi connectivity index (χ4v) is 2.37. The van der Waals surface area contributed by atoms with Gasteiger partial charge in [0, 0.05) is 12.6 Å². The molecule has 0 amide bonds. The third kappa shape index (κ3) is 3.19. The Labute approximate surface area is 122 Å². The van der Waals surface area contributed by atoms with E-state index in [0.717, 1.165) is 12.8 Å². The minimum Gasteiger partial charge on any atom is -0.286 e. The van der Waals surface area contributed by atoms with Crippen LogP contribution in [0.1, 0.15) is 50.6 Å². The third-order valence-electron chi connectivity index (χ3n) is 3.57. The van der Waals surface area contributed by atoms with Crippen molar-refractivity contribution in [2.24, 2.45) is 5.92 Å². The van der Waals surface area contributed by atoms with Crippen LogP contribution in [0.15, 0.2) is 12.3 Å². The van der Waals surface area contributed by atoms with Crippen molar-refractivity contribution in [3.05, 3.63) is 29.2 Å². The summed E-state index contributed by atoms with van der Waals surface area (Å²) >= 11 is 0. The van der Waals surface area contributed by atoms with Crippen LogP contribution in [0.25, 0.3) is 5.65 Å². The summed E-state index contributed by atoms with van der Waals surface area (Å²) in [6.45, 7) is 5.71. The highest BCUT2D eigenvalue weighted by Crippen LogP contribution is 2.36. The van der Waals surface area contributed by atoms with Gasteiger partial charge in [0.1, 0.15) is 11.4 Å². The topological polar surface area (TPSA) is 30.2 Å². The Morgan fingerprint density at radius 1 is 1.24 bits per heavy atom. The van der Waals surface area contributed by atoms with E-state index in [-0.39, 0.29) is 11.2 Å². The maximum absolute atomic E-state index is 13.2. The highest BCUT2D eigenvalue weighted by molar-refractivity contribution is 5.53. The number of halogens is 3. The molecule has 0 radical (unpaired) electrons. The Morgan fingerprint density at radius 3 is 2.43 bits per heavy atom. The molecule has 0 spiro atoms. The van der Waals surface area contributed by atoms with Gasteiger partial charge in [-0.25, -0.2) is 0 Å². The molecule has 0 bridgehead atoms. The average molecular weight is 299 g/mol. The summed E-state index contributed by atoms with van der Waals surface area (Å²) in [6.07, 6.45) is 0.571. The molecule has 116 valence electrons. The van der Waals surface area contributed by atoms with Crippen LogP contribution < -0.4 is 0 Å². The number of aromatic nitrogens is 3. The van der Waals surface area contributed by atoms with Crippen molar-refractivity contribution in [3.8, 4) is 0 Å². The molecular formula is C15H20F3N3. The van der Waals surface area contributed by atoms with E-state index in [0.29, 0.717) is 24.6 Å². The van der Waals surface area contributed by atoms with E-state index in [1.807, 2.05) is 13.8 Å². The number of pyridine rings is 1. The number of fused-ring (bicyclic) bond motifs is 1.